The third-order valence-corrected chi connectivity index (χ3v) is 3.36. The van der Waals surface area contributed by atoms with Crippen LogP contribution < -0.4 is 4.74 Å². The highest BCUT2D eigenvalue weighted by molar-refractivity contribution is 6.30. The van der Waals surface area contributed by atoms with E-state index in [9.17, 15) is 4.79 Å². The quantitative estimate of drug-likeness (QED) is 0.434. The van der Waals surface area contributed by atoms with Gasteiger partial charge in [0.25, 0.3) is 0 Å². The molecule has 0 spiro atoms. The molecular formula is C19H20ClNO3. The van der Waals surface area contributed by atoms with Gasteiger partial charge in [0, 0.05) is 11.6 Å². The van der Waals surface area contributed by atoms with E-state index in [2.05, 4.69) is 0 Å². The number of likely N-dealkylation sites (N-methyl/N-ethyl adjacent to an activating group) is 1. The maximum atomic E-state index is 12.3. The van der Waals surface area contributed by atoms with Gasteiger partial charge < -0.3 is 14.4 Å². The van der Waals surface area contributed by atoms with Gasteiger partial charge in [0.2, 0.25) is 5.76 Å². The molecule has 2 aromatic carbocycles. The second-order valence-electron chi connectivity index (χ2n) is 5.41. The molecule has 2 rings (SSSR count). The minimum absolute atomic E-state index is 0.127. The van der Waals surface area contributed by atoms with E-state index < -0.39 is 5.97 Å². The Morgan fingerprint density at radius 3 is 2.38 bits per heavy atom. The van der Waals surface area contributed by atoms with E-state index in [4.69, 9.17) is 21.1 Å². The molecule has 0 unspecified atom stereocenters. The Kier molecular flexibility index (Phi) is 6.85. The number of halogens is 1. The molecule has 2 aromatic rings. The number of carbonyl (C=O) groups is 1. The number of esters is 1. The summed E-state index contributed by atoms with van der Waals surface area (Å²) in [5, 5.41) is 0.601. The molecule has 0 aliphatic carbocycles. The third-order valence-electron chi connectivity index (χ3n) is 3.11. The molecule has 0 amide bonds. The molecule has 4 nitrogen and oxygen atoms in total. The van der Waals surface area contributed by atoms with Crippen molar-refractivity contribution in [2.75, 3.05) is 27.2 Å². The van der Waals surface area contributed by atoms with E-state index in [1.165, 1.54) is 0 Å². The van der Waals surface area contributed by atoms with Crippen molar-refractivity contribution in [3.8, 4) is 5.75 Å². The van der Waals surface area contributed by atoms with E-state index in [1.54, 1.807) is 30.3 Å². The maximum Gasteiger partial charge on any atom is 0.374 e. The largest absolute Gasteiger partial charge is 0.458 e. The van der Waals surface area contributed by atoms with E-state index in [0.717, 1.165) is 5.56 Å². The summed E-state index contributed by atoms with van der Waals surface area (Å²) in [6.07, 6.45) is 1.66. The van der Waals surface area contributed by atoms with Gasteiger partial charge in [-0.1, -0.05) is 41.9 Å². The summed E-state index contributed by atoms with van der Waals surface area (Å²) in [4.78, 5) is 14.3. The minimum Gasteiger partial charge on any atom is -0.458 e. The van der Waals surface area contributed by atoms with E-state index >= 15 is 0 Å². The molecule has 5 heteroatoms. The van der Waals surface area contributed by atoms with Crippen molar-refractivity contribution in [2.24, 2.45) is 0 Å². The van der Waals surface area contributed by atoms with E-state index in [-0.39, 0.29) is 5.76 Å². The predicted molar refractivity (Wildman–Crippen MR) is 96.0 cm³/mol. The average Bonchev–Trinajstić information content (AvgIpc) is 2.57. The number of hydrogen-bond donors (Lipinski definition) is 0. The zero-order valence-corrected chi connectivity index (χ0v) is 14.5. The Hall–Kier alpha value is -2.30. The van der Waals surface area contributed by atoms with Crippen LogP contribution in [-0.4, -0.2) is 38.1 Å². The molecule has 0 N–H and O–H groups in total. The highest BCUT2D eigenvalue weighted by Gasteiger charge is 2.14. The molecule has 0 saturated carbocycles. The van der Waals surface area contributed by atoms with Crippen molar-refractivity contribution in [3.05, 3.63) is 70.9 Å². The minimum atomic E-state index is -0.504. The highest BCUT2D eigenvalue weighted by Crippen LogP contribution is 2.19. The molecule has 24 heavy (non-hydrogen) atoms. The second kappa shape index (κ2) is 9.11. The summed E-state index contributed by atoms with van der Waals surface area (Å²) in [6, 6.07) is 16.3. The number of carbonyl (C=O) groups excluding carboxylic acids is 1. The first-order valence-corrected chi connectivity index (χ1v) is 7.94. The fourth-order valence-corrected chi connectivity index (χ4v) is 1.98. The first-order chi connectivity index (χ1) is 11.5. The number of nitrogens with zero attached hydrogens (tertiary/aromatic N) is 1. The van der Waals surface area contributed by atoms with Crippen LogP contribution in [0.5, 0.6) is 5.75 Å². The highest BCUT2D eigenvalue weighted by atomic mass is 35.5. The molecule has 0 radical (unpaired) electrons. The summed E-state index contributed by atoms with van der Waals surface area (Å²) >= 11 is 5.87. The first-order valence-electron chi connectivity index (χ1n) is 7.56. The lowest BCUT2D eigenvalue weighted by atomic mass is 10.2. The number of ether oxygens (including phenoxy) is 2. The standard InChI is InChI=1S/C19H20ClNO3/c1-21(2)12-13-23-19(22)18(14-15-6-4-3-5-7-15)24-17-10-8-16(20)9-11-17/h3-11,14H,12-13H2,1-2H3/b18-14+. The molecule has 126 valence electrons. The molecular weight excluding hydrogens is 326 g/mol. The number of benzene rings is 2. The summed E-state index contributed by atoms with van der Waals surface area (Å²) in [6.45, 7) is 0.938. The van der Waals surface area contributed by atoms with Crippen molar-refractivity contribution in [2.45, 2.75) is 0 Å². The van der Waals surface area contributed by atoms with Gasteiger partial charge in [-0.15, -0.1) is 0 Å². The smallest absolute Gasteiger partial charge is 0.374 e. The van der Waals surface area contributed by atoms with Crippen molar-refractivity contribution >= 4 is 23.6 Å². The molecule has 0 atom stereocenters. The lowest BCUT2D eigenvalue weighted by Gasteiger charge is -2.12. The SMILES string of the molecule is CN(C)CCOC(=O)/C(=C\c1ccccc1)Oc1ccc(Cl)cc1. The number of hydrogen-bond acceptors (Lipinski definition) is 4. The van der Waals surface area contributed by atoms with Crippen molar-refractivity contribution in [1.82, 2.24) is 4.90 Å². The normalized spacial score (nSPS) is 11.4. The second-order valence-corrected chi connectivity index (χ2v) is 5.85. The van der Waals surface area contributed by atoms with Gasteiger partial charge in [-0.2, -0.15) is 0 Å². The Morgan fingerprint density at radius 1 is 1.08 bits per heavy atom. The summed E-state index contributed by atoms with van der Waals surface area (Å²) in [5.74, 6) is 0.143. The Bertz CT molecular complexity index is 682. The lowest BCUT2D eigenvalue weighted by Crippen LogP contribution is -2.22. The van der Waals surface area contributed by atoms with Crippen molar-refractivity contribution < 1.29 is 14.3 Å². The van der Waals surface area contributed by atoms with Gasteiger partial charge in [0.1, 0.15) is 12.4 Å². The molecule has 0 bridgehead atoms. The Labute approximate surface area is 147 Å². The predicted octanol–water partition coefficient (Wildman–Crippen LogP) is 3.86. The van der Waals surface area contributed by atoms with Gasteiger partial charge in [-0.05, 0) is 50.0 Å². The van der Waals surface area contributed by atoms with E-state index in [0.29, 0.717) is 23.9 Å². The fraction of sp³-hybridized carbons (Fsp3) is 0.211. The van der Waals surface area contributed by atoms with Gasteiger partial charge >= 0.3 is 5.97 Å². The van der Waals surface area contributed by atoms with Crippen LogP contribution in [0.4, 0.5) is 0 Å². The van der Waals surface area contributed by atoms with Crippen molar-refractivity contribution in [3.63, 3.8) is 0 Å². The fourth-order valence-electron chi connectivity index (χ4n) is 1.85. The van der Waals surface area contributed by atoms with Gasteiger partial charge in [0.15, 0.2) is 0 Å². The Balaban J connectivity index is 2.16. The summed E-state index contributed by atoms with van der Waals surface area (Å²) in [7, 11) is 3.83. The van der Waals surface area contributed by atoms with Crippen molar-refractivity contribution in [1.29, 1.82) is 0 Å². The van der Waals surface area contributed by atoms with Gasteiger partial charge in [-0.3, -0.25) is 0 Å². The van der Waals surface area contributed by atoms with Gasteiger partial charge in [-0.25, -0.2) is 4.79 Å². The van der Waals surface area contributed by atoms with Crippen LogP contribution in [0.2, 0.25) is 5.02 Å². The van der Waals surface area contributed by atoms with Gasteiger partial charge in [0.05, 0.1) is 0 Å². The molecule has 0 aliphatic heterocycles. The zero-order valence-electron chi connectivity index (χ0n) is 13.7. The van der Waals surface area contributed by atoms with Crippen LogP contribution >= 0.6 is 11.6 Å². The summed E-state index contributed by atoms with van der Waals surface area (Å²) < 4.78 is 11.0. The molecule has 0 saturated heterocycles. The lowest BCUT2D eigenvalue weighted by molar-refractivity contribution is -0.141. The third kappa shape index (κ3) is 6.07. The van der Waals surface area contributed by atoms with Crippen LogP contribution in [0, 0.1) is 0 Å². The first kappa shape index (κ1) is 18.0. The van der Waals surface area contributed by atoms with Crippen LogP contribution in [0.25, 0.3) is 6.08 Å². The van der Waals surface area contributed by atoms with E-state index in [1.807, 2.05) is 49.3 Å². The molecule has 0 fully saturated rings. The topological polar surface area (TPSA) is 38.8 Å². The zero-order chi connectivity index (χ0) is 17.4. The average molecular weight is 346 g/mol. The Morgan fingerprint density at radius 2 is 1.75 bits per heavy atom. The summed E-state index contributed by atoms with van der Waals surface area (Å²) in [5.41, 5.74) is 0.853. The molecule has 0 aliphatic rings. The number of rotatable bonds is 7. The maximum absolute atomic E-state index is 12.3. The van der Waals surface area contributed by atoms with Crippen LogP contribution in [0.3, 0.4) is 0 Å². The van der Waals surface area contributed by atoms with Crippen LogP contribution in [0.15, 0.2) is 60.4 Å². The van der Waals surface area contributed by atoms with Crippen LogP contribution in [-0.2, 0) is 9.53 Å². The molecule has 0 aromatic heterocycles. The monoisotopic (exact) mass is 345 g/mol. The molecule has 0 heterocycles. The van der Waals surface area contributed by atoms with Crippen LogP contribution in [0.1, 0.15) is 5.56 Å².